The van der Waals surface area contributed by atoms with Crippen LogP contribution in [0.15, 0.2) is 24.8 Å². The fourth-order valence-electron chi connectivity index (χ4n) is 0.584. The van der Waals surface area contributed by atoms with Crippen LogP contribution in [0.4, 0.5) is 0 Å². The Hall–Kier alpha value is -0.560. The molecule has 1 atom stereocenters. The van der Waals surface area contributed by atoms with Gasteiger partial charge in [0.15, 0.2) is 0 Å². The van der Waals surface area contributed by atoms with Crippen molar-refractivity contribution in [3.63, 3.8) is 0 Å². The first-order valence-corrected chi connectivity index (χ1v) is 3.22. The number of allylic oxidation sites excluding steroid dienone is 1. The highest BCUT2D eigenvalue weighted by Gasteiger charge is 1.92. The minimum Gasteiger partial charge on any atom is -0.370 e. The molecule has 0 aromatic heterocycles. The Morgan fingerprint density at radius 2 is 2.33 bits per heavy atom. The molecule has 0 saturated heterocycles. The first-order valence-electron chi connectivity index (χ1n) is 3.22. The van der Waals surface area contributed by atoms with Crippen LogP contribution in [0.2, 0.25) is 0 Å². The number of ether oxygens (including phenoxy) is 1. The van der Waals surface area contributed by atoms with Crippen molar-refractivity contribution in [2.24, 2.45) is 0 Å². The Kier molecular flexibility index (Phi) is 5.23. The monoisotopic (exact) mass is 126 g/mol. The molecule has 0 aliphatic heterocycles. The molecule has 0 aromatic rings. The molecule has 0 aliphatic carbocycles. The van der Waals surface area contributed by atoms with Crippen LogP contribution in [0.3, 0.4) is 0 Å². The third-order valence-corrected chi connectivity index (χ3v) is 0.974. The van der Waals surface area contributed by atoms with Gasteiger partial charge in [0.2, 0.25) is 0 Å². The standard InChI is InChI=1S/C8H14O/c1-4-7-8(5-2)9-6-3/h4-5,7-8H,2,6H2,1,3H3/b7-4-. The maximum absolute atomic E-state index is 5.23. The third-order valence-electron chi connectivity index (χ3n) is 0.974. The maximum atomic E-state index is 5.23. The summed E-state index contributed by atoms with van der Waals surface area (Å²) in [6.45, 7) is 8.30. The summed E-state index contributed by atoms with van der Waals surface area (Å²) in [5.74, 6) is 0. The van der Waals surface area contributed by atoms with Crippen LogP contribution in [0.25, 0.3) is 0 Å². The van der Waals surface area contributed by atoms with Crippen molar-refractivity contribution in [1.29, 1.82) is 0 Å². The molecule has 0 aliphatic rings. The van der Waals surface area contributed by atoms with Gasteiger partial charge in [-0.2, -0.15) is 0 Å². The van der Waals surface area contributed by atoms with Crippen molar-refractivity contribution in [3.8, 4) is 0 Å². The van der Waals surface area contributed by atoms with Gasteiger partial charge in [-0.1, -0.05) is 18.2 Å². The van der Waals surface area contributed by atoms with E-state index in [2.05, 4.69) is 6.58 Å². The van der Waals surface area contributed by atoms with Gasteiger partial charge < -0.3 is 4.74 Å². The van der Waals surface area contributed by atoms with Crippen LogP contribution in [0.1, 0.15) is 13.8 Å². The summed E-state index contributed by atoms with van der Waals surface area (Å²) in [6, 6.07) is 0. The Morgan fingerprint density at radius 3 is 2.67 bits per heavy atom. The fourth-order valence-corrected chi connectivity index (χ4v) is 0.584. The molecule has 0 heterocycles. The lowest BCUT2D eigenvalue weighted by molar-refractivity contribution is 0.128. The smallest absolute Gasteiger partial charge is 0.0934 e. The number of rotatable bonds is 4. The molecule has 0 bridgehead atoms. The number of hydrogen-bond donors (Lipinski definition) is 0. The molecule has 52 valence electrons. The van der Waals surface area contributed by atoms with E-state index in [1.165, 1.54) is 0 Å². The SMILES string of the molecule is C=CC(/C=C\C)OCC. The predicted octanol–water partition coefficient (Wildman–Crippen LogP) is 2.15. The molecule has 1 nitrogen and oxygen atoms in total. The fraction of sp³-hybridized carbons (Fsp3) is 0.500. The van der Waals surface area contributed by atoms with Crippen molar-refractivity contribution in [3.05, 3.63) is 24.8 Å². The lowest BCUT2D eigenvalue weighted by Gasteiger charge is -2.05. The van der Waals surface area contributed by atoms with Crippen molar-refractivity contribution in [1.82, 2.24) is 0 Å². The van der Waals surface area contributed by atoms with Gasteiger partial charge in [0.1, 0.15) is 0 Å². The molecule has 1 heteroatoms. The summed E-state index contributed by atoms with van der Waals surface area (Å²) in [4.78, 5) is 0. The molecule has 9 heavy (non-hydrogen) atoms. The zero-order valence-electron chi connectivity index (χ0n) is 6.13. The van der Waals surface area contributed by atoms with Crippen LogP contribution in [0.5, 0.6) is 0 Å². The van der Waals surface area contributed by atoms with Crippen LogP contribution >= 0.6 is 0 Å². The second-order valence-corrected chi connectivity index (χ2v) is 1.68. The summed E-state index contributed by atoms with van der Waals surface area (Å²) < 4.78 is 5.23. The Labute approximate surface area is 57.0 Å². The highest BCUT2D eigenvalue weighted by molar-refractivity contribution is 4.97. The molecular formula is C8H14O. The highest BCUT2D eigenvalue weighted by Crippen LogP contribution is 1.93. The Morgan fingerprint density at radius 1 is 1.67 bits per heavy atom. The average molecular weight is 126 g/mol. The summed E-state index contributed by atoms with van der Waals surface area (Å²) >= 11 is 0. The molecule has 0 saturated carbocycles. The van der Waals surface area contributed by atoms with Gasteiger partial charge in [-0.05, 0) is 13.8 Å². The molecule has 1 unspecified atom stereocenters. The van der Waals surface area contributed by atoms with E-state index in [0.29, 0.717) is 0 Å². The van der Waals surface area contributed by atoms with E-state index >= 15 is 0 Å². The van der Waals surface area contributed by atoms with Crippen molar-refractivity contribution in [2.45, 2.75) is 20.0 Å². The molecule has 0 radical (unpaired) electrons. The normalized spacial score (nSPS) is 14.0. The third kappa shape index (κ3) is 3.98. The van der Waals surface area contributed by atoms with Crippen LogP contribution in [-0.4, -0.2) is 12.7 Å². The van der Waals surface area contributed by atoms with Gasteiger partial charge in [0, 0.05) is 6.61 Å². The molecule has 0 fully saturated rings. The molecule has 0 aromatic carbocycles. The quantitative estimate of drug-likeness (QED) is 0.524. The maximum Gasteiger partial charge on any atom is 0.0934 e. The van der Waals surface area contributed by atoms with E-state index in [0.717, 1.165) is 6.61 Å². The Bertz CT molecular complexity index is 94.7. The van der Waals surface area contributed by atoms with Crippen molar-refractivity contribution < 1.29 is 4.74 Å². The minimum absolute atomic E-state index is 0.0972. The predicted molar refractivity (Wildman–Crippen MR) is 40.4 cm³/mol. The van der Waals surface area contributed by atoms with E-state index < -0.39 is 0 Å². The van der Waals surface area contributed by atoms with E-state index in [4.69, 9.17) is 4.74 Å². The van der Waals surface area contributed by atoms with Gasteiger partial charge in [-0.15, -0.1) is 6.58 Å². The van der Waals surface area contributed by atoms with E-state index in [-0.39, 0.29) is 6.10 Å². The summed E-state index contributed by atoms with van der Waals surface area (Å²) in [5, 5.41) is 0. The van der Waals surface area contributed by atoms with Crippen LogP contribution in [0, 0.1) is 0 Å². The molecular weight excluding hydrogens is 112 g/mol. The second-order valence-electron chi connectivity index (χ2n) is 1.68. The highest BCUT2D eigenvalue weighted by atomic mass is 16.5. The number of hydrogen-bond acceptors (Lipinski definition) is 1. The summed E-state index contributed by atoms with van der Waals surface area (Å²) in [7, 11) is 0. The minimum atomic E-state index is 0.0972. The van der Waals surface area contributed by atoms with Gasteiger partial charge in [-0.25, -0.2) is 0 Å². The zero-order valence-corrected chi connectivity index (χ0v) is 6.13. The Balaban J connectivity index is 3.53. The second kappa shape index (κ2) is 5.57. The van der Waals surface area contributed by atoms with E-state index in [1.807, 2.05) is 26.0 Å². The lowest BCUT2D eigenvalue weighted by Crippen LogP contribution is -2.04. The van der Waals surface area contributed by atoms with Crippen molar-refractivity contribution in [2.75, 3.05) is 6.61 Å². The van der Waals surface area contributed by atoms with Crippen molar-refractivity contribution >= 4 is 0 Å². The first-order chi connectivity index (χ1) is 4.35. The molecule has 0 N–H and O–H groups in total. The lowest BCUT2D eigenvalue weighted by atomic mass is 10.3. The molecule has 0 rings (SSSR count). The van der Waals surface area contributed by atoms with Crippen LogP contribution in [-0.2, 0) is 4.74 Å². The molecule has 0 spiro atoms. The summed E-state index contributed by atoms with van der Waals surface area (Å²) in [6.07, 6.45) is 5.81. The summed E-state index contributed by atoms with van der Waals surface area (Å²) in [5.41, 5.74) is 0. The topological polar surface area (TPSA) is 9.23 Å². The molecule has 0 amide bonds. The van der Waals surface area contributed by atoms with Gasteiger partial charge >= 0.3 is 0 Å². The van der Waals surface area contributed by atoms with E-state index in [1.54, 1.807) is 6.08 Å². The average Bonchev–Trinajstić information content (AvgIpc) is 1.88. The largest absolute Gasteiger partial charge is 0.370 e. The zero-order chi connectivity index (χ0) is 7.11. The van der Waals surface area contributed by atoms with E-state index in [9.17, 15) is 0 Å². The first kappa shape index (κ1) is 8.44. The van der Waals surface area contributed by atoms with Gasteiger partial charge in [0.05, 0.1) is 6.10 Å². The van der Waals surface area contributed by atoms with Gasteiger partial charge in [0.25, 0.3) is 0 Å². The van der Waals surface area contributed by atoms with Gasteiger partial charge in [-0.3, -0.25) is 0 Å². The van der Waals surface area contributed by atoms with Crippen LogP contribution < -0.4 is 0 Å².